The third-order valence-electron chi connectivity index (χ3n) is 2.37. The van der Waals surface area contributed by atoms with Gasteiger partial charge in [0.1, 0.15) is 22.5 Å². The van der Waals surface area contributed by atoms with E-state index >= 15 is 0 Å². The molecule has 0 aliphatic rings. The lowest BCUT2D eigenvalue weighted by Gasteiger charge is -2.04. The highest BCUT2D eigenvalue weighted by atomic mass is 32.1. The molecule has 0 N–H and O–H groups in total. The SMILES string of the molecule is CC(=O)C(C(C)=O)c1nc2ccccc2s1. The summed E-state index contributed by atoms with van der Waals surface area (Å²) in [6.07, 6.45) is 0. The Bertz CT molecular complexity index is 512. The topological polar surface area (TPSA) is 47.0 Å². The van der Waals surface area contributed by atoms with E-state index in [4.69, 9.17) is 0 Å². The highest BCUT2D eigenvalue weighted by molar-refractivity contribution is 7.18. The summed E-state index contributed by atoms with van der Waals surface area (Å²) in [5.74, 6) is -0.990. The molecule has 1 aromatic carbocycles. The molecule has 0 bridgehead atoms. The maximum Gasteiger partial charge on any atom is 0.147 e. The van der Waals surface area contributed by atoms with Gasteiger partial charge in [-0.05, 0) is 26.0 Å². The van der Waals surface area contributed by atoms with Crippen molar-refractivity contribution < 1.29 is 9.59 Å². The van der Waals surface area contributed by atoms with E-state index in [-0.39, 0.29) is 11.6 Å². The molecule has 0 amide bonds. The molecule has 0 fully saturated rings. The normalized spacial score (nSPS) is 10.9. The third-order valence-corrected chi connectivity index (χ3v) is 3.47. The number of ketones is 2. The van der Waals surface area contributed by atoms with E-state index in [1.807, 2.05) is 24.3 Å². The smallest absolute Gasteiger partial charge is 0.147 e. The number of aromatic nitrogens is 1. The first-order chi connectivity index (χ1) is 7.59. The van der Waals surface area contributed by atoms with Crippen LogP contribution in [0.15, 0.2) is 24.3 Å². The summed E-state index contributed by atoms with van der Waals surface area (Å²) in [5.41, 5.74) is 0.843. The van der Waals surface area contributed by atoms with Crippen LogP contribution in [0, 0.1) is 0 Å². The van der Waals surface area contributed by atoms with Crippen molar-refractivity contribution >= 4 is 33.1 Å². The van der Waals surface area contributed by atoms with Crippen LogP contribution in [-0.2, 0) is 9.59 Å². The van der Waals surface area contributed by atoms with Crippen LogP contribution >= 0.6 is 11.3 Å². The maximum atomic E-state index is 11.4. The van der Waals surface area contributed by atoms with Crippen LogP contribution in [0.2, 0.25) is 0 Å². The number of benzene rings is 1. The van der Waals surface area contributed by atoms with E-state index in [0.29, 0.717) is 5.01 Å². The summed E-state index contributed by atoms with van der Waals surface area (Å²) in [5, 5.41) is 0.598. The second kappa shape index (κ2) is 4.14. The Morgan fingerprint density at radius 2 is 1.81 bits per heavy atom. The van der Waals surface area contributed by atoms with Crippen molar-refractivity contribution in [1.82, 2.24) is 4.98 Å². The Balaban J connectivity index is 2.53. The van der Waals surface area contributed by atoms with Gasteiger partial charge in [-0.25, -0.2) is 4.98 Å². The average molecular weight is 233 g/mol. The van der Waals surface area contributed by atoms with Crippen molar-refractivity contribution in [3.05, 3.63) is 29.3 Å². The molecule has 0 atom stereocenters. The summed E-state index contributed by atoms with van der Waals surface area (Å²) in [7, 11) is 0. The van der Waals surface area contributed by atoms with E-state index in [2.05, 4.69) is 4.98 Å². The zero-order chi connectivity index (χ0) is 11.7. The van der Waals surface area contributed by atoms with E-state index in [1.165, 1.54) is 25.2 Å². The van der Waals surface area contributed by atoms with Gasteiger partial charge in [0, 0.05) is 0 Å². The zero-order valence-electron chi connectivity index (χ0n) is 9.06. The van der Waals surface area contributed by atoms with Gasteiger partial charge in [-0.2, -0.15) is 0 Å². The predicted molar refractivity (Wildman–Crippen MR) is 63.7 cm³/mol. The molecule has 3 nitrogen and oxygen atoms in total. The van der Waals surface area contributed by atoms with Crippen LogP contribution in [0.25, 0.3) is 10.2 Å². The van der Waals surface area contributed by atoms with Crippen molar-refractivity contribution in [2.75, 3.05) is 0 Å². The fourth-order valence-electron chi connectivity index (χ4n) is 1.65. The monoisotopic (exact) mass is 233 g/mol. The van der Waals surface area contributed by atoms with E-state index < -0.39 is 5.92 Å². The number of fused-ring (bicyclic) bond motifs is 1. The molecule has 1 aromatic heterocycles. The first-order valence-corrected chi connectivity index (χ1v) is 5.77. The summed E-state index contributed by atoms with van der Waals surface area (Å²) in [6.45, 7) is 2.86. The molecule has 1 heterocycles. The fraction of sp³-hybridized carbons (Fsp3) is 0.250. The van der Waals surface area contributed by atoms with Gasteiger partial charge in [-0.3, -0.25) is 9.59 Å². The molecule has 0 aliphatic carbocycles. The number of nitrogens with zero attached hydrogens (tertiary/aromatic N) is 1. The van der Waals surface area contributed by atoms with Crippen LogP contribution in [0.4, 0.5) is 0 Å². The van der Waals surface area contributed by atoms with Crippen LogP contribution in [0.3, 0.4) is 0 Å². The van der Waals surface area contributed by atoms with Gasteiger partial charge in [-0.15, -0.1) is 11.3 Å². The Morgan fingerprint density at radius 3 is 2.38 bits per heavy atom. The number of para-hydroxylation sites is 1. The van der Waals surface area contributed by atoms with E-state index in [0.717, 1.165) is 10.2 Å². The second-order valence-electron chi connectivity index (χ2n) is 3.67. The summed E-state index contributed by atoms with van der Waals surface area (Å²) < 4.78 is 1.00. The fourth-order valence-corrected chi connectivity index (χ4v) is 2.83. The lowest BCUT2D eigenvalue weighted by molar-refractivity contribution is -0.126. The van der Waals surface area contributed by atoms with E-state index in [1.54, 1.807) is 0 Å². The highest BCUT2D eigenvalue weighted by Crippen LogP contribution is 2.28. The van der Waals surface area contributed by atoms with Gasteiger partial charge < -0.3 is 0 Å². The van der Waals surface area contributed by atoms with Crippen molar-refractivity contribution in [2.24, 2.45) is 0 Å². The number of rotatable bonds is 3. The number of Topliss-reactive ketones (excluding diaryl/α,β-unsaturated/α-hetero) is 2. The lowest BCUT2D eigenvalue weighted by atomic mass is 10.0. The minimum atomic E-state index is -0.697. The first kappa shape index (κ1) is 11.0. The van der Waals surface area contributed by atoms with Crippen molar-refractivity contribution in [3.8, 4) is 0 Å². The molecule has 0 spiro atoms. The minimum Gasteiger partial charge on any atom is -0.299 e. The molecule has 0 unspecified atom stereocenters. The standard InChI is InChI=1S/C12H11NO2S/c1-7(14)11(8(2)15)12-13-9-5-3-4-6-10(9)16-12/h3-6,11H,1-2H3. The average Bonchev–Trinajstić information content (AvgIpc) is 2.58. The van der Waals surface area contributed by atoms with Crippen LogP contribution in [0.1, 0.15) is 24.8 Å². The van der Waals surface area contributed by atoms with Gasteiger partial charge in [0.25, 0.3) is 0 Å². The minimum absolute atomic E-state index is 0.147. The number of carbonyl (C=O) groups excluding carboxylic acids is 2. The Labute approximate surface area is 97.1 Å². The lowest BCUT2D eigenvalue weighted by Crippen LogP contribution is -2.16. The predicted octanol–water partition coefficient (Wildman–Crippen LogP) is 2.56. The highest BCUT2D eigenvalue weighted by Gasteiger charge is 2.25. The van der Waals surface area contributed by atoms with Crippen LogP contribution in [-0.4, -0.2) is 16.6 Å². The van der Waals surface area contributed by atoms with Crippen molar-refractivity contribution in [1.29, 1.82) is 0 Å². The van der Waals surface area contributed by atoms with Gasteiger partial charge in [-0.1, -0.05) is 12.1 Å². The Kier molecular flexibility index (Phi) is 2.83. The molecular formula is C12H11NO2S. The zero-order valence-corrected chi connectivity index (χ0v) is 9.88. The Hall–Kier alpha value is -1.55. The molecule has 0 aliphatic heterocycles. The second-order valence-corrected chi connectivity index (χ2v) is 4.74. The molecular weight excluding hydrogens is 222 g/mol. The summed E-state index contributed by atoms with van der Waals surface area (Å²) >= 11 is 1.41. The number of thiazole rings is 1. The molecule has 4 heteroatoms. The third kappa shape index (κ3) is 1.88. The van der Waals surface area contributed by atoms with Crippen LogP contribution < -0.4 is 0 Å². The molecule has 82 valence electrons. The van der Waals surface area contributed by atoms with Gasteiger partial charge in [0.15, 0.2) is 0 Å². The molecule has 0 saturated carbocycles. The molecule has 16 heavy (non-hydrogen) atoms. The van der Waals surface area contributed by atoms with Crippen molar-refractivity contribution in [3.63, 3.8) is 0 Å². The van der Waals surface area contributed by atoms with Crippen LogP contribution in [0.5, 0.6) is 0 Å². The number of hydrogen-bond acceptors (Lipinski definition) is 4. The quantitative estimate of drug-likeness (QED) is 0.765. The largest absolute Gasteiger partial charge is 0.299 e. The molecule has 0 radical (unpaired) electrons. The number of carbonyl (C=O) groups is 2. The summed E-state index contributed by atoms with van der Waals surface area (Å²) in [6, 6.07) is 7.63. The number of hydrogen-bond donors (Lipinski definition) is 0. The summed E-state index contributed by atoms with van der Waals surface area (Å²) in [4.78, 5) is 27.1. The molecule has 2 rings (SSSR count). The van der Waals surface area contributed by atoms with Gasteiger partial charge in [0.2, 0.25) is 0 Å². The molecule has 0 saturated heterocycles. The maximum absolute atomic E-state index is 11.4. The van der Waals surface area contributed by atoms with Crippen molar-refractivity contribution in [2.45, 2.75) is 19.8 Å². The molecule has 2 aromatic rings. The van der Waals surface area contributed by atoms with Gasteiger partial charge >= 0.3 is 0 Å². The van der Waals surface area contributed by atoms with E-state index in [9.17, 15) is 9.59 Å². The first-order valence-electron chi connectivity index (χ1n) is 4.96. The Morgan fingerprint density at radius 1 is 1.19 bits per heavy atom. The van der Waals surface area contributed by atoms with Gasteiger partial charge in [0.05, 0.1) is 10.2 Å².